The van der Waals surface area contributed by atoms with Crippen molar-refractivity contribution in [2.24, 2.45) is 5.92 Å². The summed E-state index contributed by atoms with van der Waals surface area (Å²) in [5, 5.41) is 0. The number of rotatable bonds is 7. The van der Waals surface area contributed by atoms with Gasteiger partial charge in [0, 0.05) is 14.4 Å². The second-order valence-corrected chi connectivity index (χ2v) is 11.2. The molecule has 1 atom stereocenters. The van der Waals surface area contributed by atoms with E-state index in [1.807, 2.05) is 0 Å². The van der Waals surface area contributed by atoms with Crippen LogP contribution in [0.15, 0.2) is 42.5 Å². The molecule has 1 fully saturated rings. The Balaban J connectivity index is 1.72. The average Bonchev–Trinajstić information content (AvgIpc) is 2.69. The Labute approximate surface area is 172 Å². The Kier molecular flexibility index (Phi) is 7.38. The molecule has 2 aliphatic rings. The van der Waals surface area contributed by atoms with Crippen molar-refractivity contribution in [3.63, 3.8) is 0 Å². The lowest BCUT2D eigenvalue weighted by molar-refractivity contribution is -0.366. The smallest absolute Gasteiger partial charge is 0.280 e. The molecule has 1 radical (unpaired) electrons. The zero-order valence-electron chi connectivity index (χ0n) is 16.9. The van der Waals surface area contributed by atoms with Gasteiger partial charge in [0.1, 0.15) is 11.4 Å². The lowest BCUT2D eigenvalue weighted by Crippen LogP contribution is -2.45. The molecule has 1 heterocycles. The molecule has 0 aromatic heterocycles. The minimum Gasteiger partial charge on any atom is -0.280 e. The van der Waals surface area contributed by atoms with Crippen molar-refractivity contribution in [2.45, 2.75) is 75.5 Å². The van der Waals surface area contributed by atoms with E-state index in [-0.39, 0.29) is 18.2 Å². The molecule has 3 rings (SSSR count). The van der Waals surface area contributed by atoms with Crippen molar-refractivity contribution in [3.05, 3.63) is 53.9 Å². The molecule has 1 aliphatic heterocycles. The van der Waals surface area contributed by atoms with E-state index in [1.165, 1.54) is 31.4 Å². The zero-order chi connectivity index (χ0) is 20.9. The molecule has 1 aliphatic carbocycles. The molecule has 1 aromatic rings. The van der Waals surface area contributed by atoms with E-state index in [2.05, 4.69) is 6.92 Å². The van der Waals surface area contributed by atoms with E-state index < -0.39 is 20.8 Å². The maximum absolute atomic E-state index is 14.1. The first-order valence-electron chi connectivity index (χ1n) is 10.6. The predicted molar refractivity (Wildman–Crippen MR) is 110 cm³/mol. The van der Waals surface area contributed by atoms with Gasteiger partial charge in [0.05, 0.1) is 0 Å². The molecule has 1 nitrogen and oxygen atoms in total. The summed E-state index contributed by atoms with van der Waals surface area (Å²) in [5.74, 6) is -0.525. The van der Waals surface area contributed by atoms with Gasteiger partial charge in [-0.05, 0) is 36.8 Å². The van der Waals surface area contributed by atoms with Gasteiger partial charge < -0.3 is 0 Å². The van der Waals surface area contributed by atoms with Gasteiger partial charge in [-0.3, -0.25) is 4.74 Å². The van der Waals surface area contributed by atoms with Gasteiger partial charge in [0.2, 0.25) is 0 Å². The van der Waals surface area contributed by atoms with Gasteiger partial charge in [0.15, 0.2) is 0 Å². The molecule has 1 aromatic carbocycles. The number of halogens is 4. The fourth-order valence-electron chi connectivity index (χ4n) is 4.60. The maximum Gasteiger partial charge on any atom is 0.523 e. The van der Waals surface area contributed by atoms with Crippen molar-refractivity contribution >= 4 is 14.4 Å². The number of unbranched alkanes of at least 4 members (excludes halogenated alkanes) is 2. The number of alkyl halides is 3. The molecule has 0 bridgehead atoms. The molecule has 159 valence electrons. The zero-order valence-corrected chi connectivity index (χ0v) is 17.9. The monoisotopic (exact) mass is 425 g/mol. The molecule has 0 N–H and O–H groups in total. The van der Waals surface area contributed by atoms with Gasteiger partial charge in [-0.15, -0.1) is 13.2 Å². The number of benzene rings is 1. The Hall–Kier alpha value is -1.40. The van der Waals surface area contributed by atoms with Crippen LogP contribution in [-0.2, 0) is 4.74 Å². The summed E-state index contributed by atoms with van der Waals surface area (Å²) in [4.78, 5) is 0. The minimum atomic E-state index is -4.69. The third-order valence-electron chi connectivity index (χ3n) is 6.19. The minimum absolute atomic E-state index is 0.120. The lowest BCUT2D eigenvalue weighted by atomic mass is 9.76. The van der Waals surface area contributed by atoms with E-state index in [1.54, 1.807) is 36.4 Å². The average molecular weight is 426 g/mol. The van der Waals surface area contributed by atoms with Crippen LogP contribution in [0.3, 0.4) is 0 Å². The highest BCUT2D eigenvalue weighted by atomic mass is 28.3. The van der Waals surface area contributed by atoms with Crippen molar-refractivity contribution in [3.8, 4) is 0 Å². The Morgan fingerprint density at radius 2 is 1.86 bits per heavy atom. The SMILES string of the molecule is CCCCC[Si]1CCC(C2(OC(F)(F)F)C=CC(c3ccccc3F)=CC2)CC1. The highest BCUT2D eigenvalue weighted by Crippen LogP contribution is 2.45. The first-order chi connectivity index (χ1) is 13.8. The van der Waals surface area contributed by atoms with Crippen molar-refractivity contribution in [1.82, 2.24) is 0 Å². The highest BCUT2D eigenvalue weighted by molar-refractivity contribution is 6.58. The summed E-state index contributed by atoms with van der Waals surface area (Å²) >= 11 is 0. The third-order valence-corrected chi connectivity index (χ3v) is 9.25. The molecule has 0 amide bonds. The molecule has 1 saturated heterocycles. The van der Waals surface area contributed by atoms with E-state index in [4.69, 9.17) is 4.74 Å². The van der Waals surface area contributed by atoms with E-state index in [0.29, 0.717) is 11.1 Å². The third kappa shape index (κ3) is 5.82. The molecule has 0 spiro atoms. The normalized spacial score (nSPS) is 24.0. The summed E-state index contributed by atoms with van der Waals surface area (Å²) in [5.41, 5.74) is -0.344. The van der Waals surface area contributed by atoms with E-state index in [0.717, 1.165) is 24.9 Å². The lowest BCUT2D eigenvalue weighted by Gasteiger charge is -2.43. The van der Waals surface area contributed by atoms with Gasteiger partial charge in [-0.1, -0.05) is 80.7 Å². The van der Waals surface area contributed by atoms with Crippen molar-refractivity contribution in [2.75, 3.05) is 0 Å². The summed E-state index contributed by atoms with van der Waals surface area (Å²) < 4.78 is 58.6. The van der Waals surface area contributed by atoms with Crippen LogP contribution < -0.4 is 0 Å². The number of hydrogen-bond acceptors (Lipinski definition) is 1. The second kappa shape index (κ2) is 9.60. The summed E-state index contributed by atoms with van der Waals surface area (Å²) in [7, 11) is -0.445. The fourth-order valence-corrected chi connectivity index (χ4v) is 7.61. The molecular formula is C23H29F4OSi. The van der Waals surface area contributed by atoms with Crippen LogP contribution in [0.1, 0.15) is 51.0 Å². The van der Waals surface area contributed by atoms with E-state index >= 15 is 0 Å². The predicted octanol–water partition coefficient (Wildman–Crippen LogP) is 7.54. The van der Waals surface area contributed by atoms with Gasteiger partial charge in [0.25, 0.3) is 0 Å². The number of ether oxygens (including phenoxy) is 1. The number of allylic oxidation sites excluding steroid dienone is 2. The summed E-state index contributed by atoms with van der Waals surface area (Å²) in [6, 6.07) is 9.72. The van der Waals surface area contributed by atoms with Crippen LogP contribution in [-0.4, -0.2) is 20.8 Å². The number of hydrogen-bond donors (Lipinski definition) is 0. The first-order valence-corrected chi connectivity index (χ1v) is 12.7. The molecule has 29 heavy (non-hydrogen) atoms. The quantitative estimate of drug-likeness (QED) is 0.249. The molecular weight excluding hydrogens is 396 g/mol. The molecule has 6 heteroatoms. The Bertz CT molecular complexity index is 735. The largest absolute Gasteiger partial charge is 0.523 e. The topological polar surface area (TPSA) is 9.23 Å². The summed E-state index contributed by atoms with van der Waals surface area (Å²) in [6.45, 7) is 2.19. The second-order valence-electron chi connectivity index (χ2n) is 8.16. The van der Waals surface area contributed by atoms with Gasteiger partial charge in [-0.2, -0.15) is 0 Å². The standard InChI is InChI=1S/C23H29F4OSi/c1-2-3-6-15-29-16-11-19(12-17-29)22(28-23(25,26)27)13-9-18(10-14-22)20-7-4-5-8-21(20)24/h4-5,7-10,13,19H,2-3,6,11-12,14-17H2,1H3. The van der Waals surface area contributed by atoms with Crippen LogP contribution >= 0.6 is 0 Å². The van der Waals surface area contributed by atoms with Crippen LogP contribution in [0, 0.1) is 11.7 Å². The Morgan fingerprint density at radius 1 is 1.14 bits per heavy atom. The van der Waals surface area contributed by atoms with E-state index in [9.17, 15) is 17.6 Å². The Morgan fingerprint density at radius 3 is 2.45 bits per heavy atom. The van der Waals surface area contributed by atoms with Crippen LogP contribution in [0.4, 0.5) is 17.6 Å². The van der Waals surface area contributed by atoms with Crippen LogP contribution in [0.2, 0.25) is 18.1 Å². The first kappa shape index (κ1) is 22.3. The van der Waals surface area contributed by atoms with Crippen LogP contribution in [0.5, 0.6) is 0 Å². The van der Waals surface area contributed by atoms with Crippen LogP contribution in [0.25, 0.3) is 5.57 Å². The van der Waals surface area contributed by atoms with Crippen molar-refractivity contribution in [1.29, 1.82) is 0 Å². The maximum atomic E-state index is 14.1. The highest BCUT2D eigenvalue weighted by Gasteiger charge is 2.48. The van der Waals surface area contributed by atoms with Gasteiger partial charge in [-0.25, -0.2) is 4.39 Å². The molecule has 0 saturated carbocycles. The summed E-state index contributed by atoms with van der Waals surface area (Å²) in [6.07, 6.45) is 5.52. The molecule has 1 unspecified atom stereocenters. The van der Waals surface area contributed by atoms with Crippen molar-refractivity contribution < 1.29 is 22.3 Å². The van der Waals surface area contributed by atoms with Gasteiger partial charge >= 0.3 is 6.36 Å². The fraction of sp³-hybridized carbons (Fsp3) is 0.565.